The van der Waals surface area contributed by atoms with E-state index < -0.39 is 78.0 Å². The molecule has 17 heteroatoms. The first-order valence-corrected chi connectivity index (χ1v) is 17.3. The Morgan fingerprint density at radius 3 is 2.12 bits per heavy atom. The summed E-state index contributed by atoms with van der Waals surface area (Å²) < 4.78 is 0. The van der Waals surface area contributed by atoms with E-state index in [0.717, 1.165) is 0 Å². The molecule has 1 aliphatic heterocycles. The van der Waals surface area contributed by atoms with E-state index in [0.29, 0.717) is 29.5 Å². The van der Waals surface area contributed by atoms with Gasteiger partial charge in [-0.25, -0.2) is 4.79 Å². The van der Waals surface area contributed by atoms with Crippen molar-refractivity contribution in [2.24, 2.45) is 11.5 Å². The maximum absolute atomic E-state index is 13.9. The molecular formula is C35H44ClN7O9. The van der Waals surface area contributed by atoms with Crippen molar-refractivity contribution in [3.63, 3.8) is 0 Å². The number of hydrogen-bond acceptors (Lipinski definition) is 8. The van der Waals surface area contributed by atoms with Gasteiger partial charge >= 0.3 is 12.0 Å². The number of nitrogens with one attached hydrogen (secondary N) is 4. The molecule has 1 unspecified atom stereocenters. The molecule has 1 fully saturated rings. The average molecular weight is 742 g/mol. The van der Waals surface area contributed by atoms with Crippen LogP contribution >= 0.6 is 11.6 Å². The molecule has 0 radical (unpaired) electrons. The number of carboxylic acid groups (broad SMARTS) is 1. The molecule has 3 rings (SSSR count). The van der Waals surface area contributed by atoms with Gasteiger partial charge in [-0.05, 0) is 44.1 Å². The minimum Gasteiger partial charge on any atom is -0.481 e. The number of alkyl halides is 1. The molecule has 9 N–H and O–H groups in total. The number of halogens is 1. The topological polar surface area (TPSA) is 260 Å². The molecule has 2 aromatic carbocycles. The Balaban J connectivity index is 1.86. The van der Waals surface area contributed by atoms with Crippen LogP contribution in [0.1, 0.15) is 66.4 Å². The van der Waals surface area contributed by atoms with Gasteiger partial charge in [0.05, 0.1) is 0 Å². The fourth-order valence-electron chi connectivity index (χ4n) is 5.76. The van der Waals surface area contributed by atoms with E-state index in [1.807, 2.05) is 0 Å². The van der Waals surface area contributed by atoms with Gasteiger partial charge in [-0.3, -0.25) is 33.6 Å². The molecule has 16 nitrogen and oxygen atoms in total. The number of likely N-dealkylation sites (tertiary alicyclic amines) is 1. The van der Waals surface area contributed by atoms with E-state index in [4.69, 9.17) is 23.1 Å². The fourth-order valence-corrected chi connectivity index (χ4v) is 5.84. The number of primary amides is 2. The van der Waals surface area contributed by atoms with Gasteiger partial charge in [0, 0.05) is 37.1 Å². The number of hydrogen-bond donors (Lipinski definition) is 7. The minimum absolute atomic E-state index is 0.0506. The molecule has 4 atom stereocenters. The number of carbonyl (C=O) groups is 8. The highest BCUT2D eigenvalue weighted by Crippen LogP contribution is 2.21. The van der Waals surface area contributed by atoms with Crippen molar-refractivity contribution in [3.05, 3.63) is 71.3 Å². The zero-order valence-corrected chi connectivity index (χ0v) is 29.2. The van der Waals surface area contributed by atoms with E-state index in [1.54, 1.807) is 54.6 Å². The number of piperidine rings is 1. The first kappa shape index (κ1) is 40.9. The number of urea groups is 1. The van der Waals surface area contributed by atoms with Gasteiger partial charge in [0.25, 0.3) is 0 Å². The molecule has 0 saturated carbocycles. The lowest BCUT2D eigenvalue weighted by Gasteiger charge is -2.37. The van der Waals surface area contributed by atoms with Crippen LogP contribution in [0.2, 0.25) is 0 Å². The van der Waals surface area contributed by atoms with Crippen LogP contribution in [0.5, 0.6) is 0 Å². The summed E-state index contributed by atoms with van der Waals surface area (Å²) in [6.07, 6.45) is 0.857. The summed E-state index contributed by atoms with van der Waals surface area (Å²) in [5, 5.41) is 19.3. The molecule has 1 aliphatic rings. The van der Waals surface area contributed by atoms with E-state index in [-0.39, 0.29) is 51.0 Å². The molecule has 52 heavy (non-hydrogen) atoms. The second kappa shape index (κ2) is 20.4. The predicted molar refractivity (Wildman–Crippen MR) is 189 cm³/mol. The van der Waals surface area contributed by atoms with Crippen LogP contribution < -0.4 is 32.7 Å². The Hall–Kier alpha value is -5.51. The second-order valence-electron chi connectivity index (χ2n) is 12.3. The van der Waals surface area contributed by atoms with E-state index >= 15 is 0 Å². The van der Waals surface area contributed by atoms with Crippen molar-refractivity contribution >= 4 is 58.9 Å². The molecule has 7 amide bonds. The van der Waals surface area contributed by atoms with Crippen molar-refractivity contribution in [1.29, 1.82) is 0 Å². The number of aliphatic carboxylic acids is 1. The standard InChI is InChI=1S/C35H44ClN7O9/c36-20-28(44)40-25(15-16-29(45)46)34(51)43-18-5-4-10-27(43)33(50)42-26(32(49)41-24(31(37)48)9-6-17-39-35(38)52)19-21-11-13-23(14-12-21)30(47)22-7-2-1-3-8-22/h1-3,7-8,11-14,24-27H,4-6,9-10,15-20H2,(H2,37,48)(H,40,44)(H,41,49)(H,42,50)(H,45,46)(H3,38,39,52)/t24-,25-,26?,27-/m0/s1. The van der Waals surface area contributed by atoms with Gasteiger partial charge in [-0.1, -0.05) is 54.6 Å². The van der Waals surface area contributed by atoms with E-state index in [9.17, 15) is 43.5 Å². The summed E-state index contributed by atoms with van der Waals surface area (Å²) in [6, 6.07) is 9.55. The predicted octanol–water partition coefficient (Wildman–Crippen LogP) is 0.333. The van der Waals surface area contributed by atoms with Gasteiger partial charge in [0.1, 0.15) is 30.0 Å². The smallest absolute Gasteiger partial charge is 0.312 e. The maximum atomic E-state index is 13.9. The number of carbonyl (C=O) groups excluding carboxylic acids is 7. The molecule has 2 aromatic rings. The monoisotopic (exact) mass is 741 g/mol. The van der Waals surface area contributed by atoms with Crippen LogP contribution in [-0.2, 0) is 35.2 Å². The number of nitrogens with two attached hydrogens (primary N) is 2. The summed E-state index contributed by atoms with van der Waals surface area (Å²) in [7, 11) is 0. The lowest BCUT2D eigenvalue weighted by Crippen LogP contribution is -2.60. The van der Waals surface area contributed by atoms with Crippen LogP contribution in [0.25, 0.3) is 0 Å². The highest BCUT2D eigenvalue weighted by atomic mass is 35.5. The van der Waals surface area contributed by atoms with Crippen LogP contribution in [0.3, 0.4) is 0 Å². The Morgan fingerprint density at radius 1 is 0.827 bits per heavy atom. The number of ketones is 1. The van der Waals surface area contributed by atoms with Crippen molar-refractivity contribution < 1.29 is 43.5 Å². The summed E-state index contributed by atoms with van der Waals surface area (Å²) in [4.78, 5) is 102. The second-order valence-corrected chi connectivity index (χ2v) is 12.6. The fraction of sp³-hybridized carbons (Fsp3) is 0.429. The minimum atomic E-state index is -1.29. The molecule has 1 heterocycles. The molecule has 280 valence electrons. The van der Waals surface area contributed by atoms with Crippen molar-refractivity contribution in [2.45, 2.75) is 75.5 Å². The number of nitrogens with zero attached hydrogens (tertiary/aromatic N) is 1. The van der Waals surface area contributed by atoms with Crippen molar-refractivity contribution in [3.8, 4) is 0 Å². The number of carboxylic acids is 1. The zero-order chi connectivity index (χ0) is 38.2. The largest absolute Gasteiger partial charge is 0.481 e. The molecule has 1 saturated heterocycles. The Bertz CT molecular complexity index is 1610. The van der Waals surface area contributed by atoms with Gasteiger partial charge in [0.2, 0.25) is 29.5 Å². The van der Waals surface area contributed by atoms with E-state index in [2.05, 4.69) is 21.3 Å². The summed E-state index contributed by atoms with van der Waals surface area (Å²) >= 11 is 5.61. The highest BCUT2D eigenvalue weighted by Gasteiger charge is 2.38. The number of benzene rings is 2. The molecule has 0 spiro atoms. The quantitative estimate of drug-likeness (QED) is 0.0594. The normalized spacial score (nSPS) is 15.6. The summed E-state index contributed by atoms with van der Waals surface area (Å²) in [6.45, 7) is 0.252. The van der Waals surface area contributed by atoms with Crippen LogP contribution in [0, 0.1) is 0 Å². The van der Waals surface area contributed by atoms with Crippen molar-refractivity contribution in [1.82, 2.24) is 26.2 Å². The lowest BCUT2D eigenvalue weighted by molar-refractivity contribution is -0.146. The molecule has 0 bridgehead atoms. The first-order valence-electron chi connectivity index (χ1n) is 16.8. The third-order valence-corrected chi connectivity index (χ3v) is 8.69. The van der Waals surface area contributed by atoms with Gasteiger partial charge in [-0.15, -0.1) is 11.6 Å². The Kier molecular flexibility index (Phi) is 16.0. The zero-order valence-electron chi connectivity index (χ0n) is 28.5. The summed E-state index contributed by atoms with van der Waals surface area (Å²) in [5.74, 6) is -5.52. The first-order chi connectivity index (χ1) is 24.8. The lowest BCUT2D eigenvalue weighted by atomic mass is 9.97. The summed E-state index contributed by atoms with van der Waals surface area (Å²) in [5.41, 5.74) is 12.1. The average Bonchev–Trinajstić information content (AvgIpc) is 3.13. The Morgan fingerprint density at radius 2 is 1.50 bits per heavy atom. The van der Waals surface area contributed by atoms with Crippen LogP contribution in [0.15, 0.2) is 54.6 Å². The van der Waals surface area contributed by atoms with Gasteiger partial charge in [-0.2, -0.15) is 0 Å². The SMILES string of the molecule is NC(=O)NCCC[C@H](NC(=O)C(Cc1ccc(C(=O)c2ccccc2)cc1)NC(=O)[C@@H]1CCCCN1C(=O)[C@H](CCC(=O)O)NC(=O)CCl)C(N)=O. The molecule has 0 aromatic heterocycles. The number of amides is 7. The van der Waals surface area contributed by atoms with Crippen LogP contribution in [0.4, 0.5) is 4.79 Å². The molecule has 0 aliphatic carbocycles. The van der Waals surface area contributed by atoms with Crippen molar-refractivity contribution in [2.75, 3.05) is 19.0 Å². The Labute approximate surface area is 305 Å². The maximum Gasteiger partial charge on any atom is 0.312 e. The van der Waals surface area contributed by atoms with E-state index in [1.165, 1.54) is 4.90 Å². The van der Waals surface area contributed by atoms with Gasteiger partial charge < -0.3 is 42.7 Å². The highest BCUT2D eigenvalue weighted by molar-refractivity contribution is 6.27. The van der Waals surface area contributed by atoms with Crippen LogP contribution in [-0.4, -0.2) is 100 Å². The van der Waals surface area contributed by atoms with Gasteiger partial charge in [0.15, 0.2) is 5.78 Å². The molecular weight excluding hydrogens is 698 g/mol. The third kappa shape index (κ3) is 12.7. The number of rotatable bonds is 19. The third-order valence-electron chi connectivity index (χ3n) is 8.44.